The molecule has 1 aromatic heterocycles. The maximum Gasteiger partial charge on any atom is 0.252 e. The van der Waals surface area contributed by atoms with E-state index < -0.39 is 11.7 Å². The number of rotatable bonds is 6. The Balaban J connectivity index is 1.63. The van der Waals surface area contributed by atoms with E-state index in [9.17, 15) is 4.79 Å². The summed E-state index contributed by atoms with van der Waals surface area (Å²) < 4.78 is 25.9. The van der Waals surface area contributed by atoms with Gasteiger partial charge in [-0.2, -0.15) is 0 Å². The average Bonchev–Trinajstić information content (AvgIpc) is 3.04. The molecule has 0 unspecified atom stereocenters. The van der Waals surface area contributed by atoms with Crippen LogP contribution in [0.25, 0.3) is 11.3 Å². The predicted octanol–water partition coefficient (Wildman–Crippen LogP) is 5.15. The quantitative estimate of drug-likeness (QED) is 0.366. The van der Waals surface area contributed by atoms with Crippen LogP contribution in [-0.4, -0.2) is 35.8 Å². The summed E-state index contributed by atoms with van der Waals surface area (Å²) in [6.07, 6.45) is 1.65. The molecule has 4 aromatic rings. The van der Waals surface area contributed by atoms with Crippen LogP contribution in [0.2, 0.25) is 5.02 Å². The number of primary amides is 1. The summed E-state index contributed by atoms with van der Waals surface area (Å²) in [5.41, 5.74) is 9.44. The number of methoxy groups -OCH3 is 2. The Hall–Kier alpha value is -4.50. The first kappa shape index (κ1) is 24.2. The van der Waals surface area contributed by atoms with Crippen LogP contribution in [0.1, 0.15) is 27.0 Å². The molecule has 5 rings (SSSR count). The fourth-order valence-corrected chi connectivity index (χ4v) is 4.44. The van der Waals surface area contributed by atoms with Gasteiger partial charge in [0.2, 0.25) is 5.95 Å². The molecule has 0 bridgehead atoms. The molecule has 8 nitrogen and oxygen atoms in total. The second-order valence-corrected chi connectivity index (χ2v) is 8.55. The summed E-state index contributed by atoms with van der Waals surface area (Å²) in [6, 6.07) is 14.9. The molecule has 1 amide bonds. The summed E-state index contributed by atoms with van der Waals surface area (Å²) in [4.78, 5) is 25.7. The van der Waals surface area contributed by atoms with Crippen molar-refractivity contribution in [2.75, 3.05) is 19.5 Å². The molecular weight excluding hydrogens is 497 g/mol. The number of nitrogens with two attached hydrogens (primary N) is 1. The number of amides is 1. The van der Waals surface area contributed by atoms with E-state index in [0.29, 0.717) is 39.0 Å². The van der Waals surface area contributed by atoms with Gasteiger partial charge < -0.3 is 20.5 Å². The molecule has 0 radical (unpaired) electrons. The molecule has 3 aromatic carbocycles. The van der Waals surface area contributed by atoms with E-state index in [1.807, 2.05) is 6.07 Å². The minimum atomic E-state index is -0.623. The van der Waals surface area contributed by atoms with Crippen molar-refractivity contribution in [2.24, 2.45) is 10.7 Å². The van der Waals surface area contributed by atoms with Crippen LogP contribution in [0.4, 0.5) is 16.0 Å². The zero-order valence-corrected chi connectivity index (χ0v) is 20.6. The molecule has 0 spiro atoms. The van der Waals surface area contributed by atoms with E-state index in [4.69, 9.17) is 36.8 Å². The van der Waals surface area contributed by atoms with E-state index in [1.54, 1.807) is 48.7 Å². The van der Waals surface area contributed by atoms with Gasteiger partial charge in [0.15, 0.2) is 5.75 Å². The van der Waals surface area contributed by atoms with Crippen molar-refractivity contribution in [3.63, 3.8) is 0 Å². The van der Waals surface area contributed by atoms with Gasteiger partial charge in [-0.15, -0.1) is 0 Å². The highest BCUT2D eigenvalue weighted by Crippen LogP contribution is 2.37. The number of nitrogens with one attached hydrogen (secondary N) is 1. The number of nitrogens with zero attached hydrogens (tertiary/aromatic N) is 3. The molecule has 3 N–H and O–H groups in total. The second kappa shape index (κ2) is 9.87. The highest BCUT2D eigenvalue weighted by molar-refractivity contribution is 6.31. The molecule has 1 aliphatic rings. The molecule has 37 heavy (non-hydrogen) atoms. The third-order valence-electron chi connectivity index (χ3n) is 5.93. The van der Waals surface area contributed by atoms with Crippen LogP contribution in [0, 0.1) is 5.82 Å². The van der Waals surface area contributed by atoms with Crippen molar-refractivity contribution in [1.82, 2.24) is 9.97 Å². The molecule has 0 saturated heterocycles. The first-order valence-electron chi connectivity index (χ1n) is 11.2. The molecule has 0 aliphatic carbocycles. The number of benzene rings is 3. The highest BCUT2D eigenvalue weighted by atomic mass is 35.5. The highest BCUT2D eigenvalue weighted by Gasteiger charge is 2.25. The summed E-state index contributed by atoms with van der Waals surface area (Å²) in [6.45, 7) is 0.204. The van der Waals surface area contributed by atoms with Gasteiger partial charge in [0.25, 0.3) is 5.91 Å². The first-order chi connectivity index (χ1) is 17.9. The fourth-order valence-electron chi connectivity index (χ4n) is 4.27. The van der Waals surface area contributed by atoms with Gasteiger partial charge in [0.1, 0.15) is 11.6 Å². The Morgan fingerprint density at radius 2 is 1.89 bits per heavy atom. The van der Waals surface area contributed by atoms with Gasteiger partial charge in [0, 0.05) is 27.9 Å². The van der Waals surface area contributed by atoms with Crippen LogP contribution in [0.3, 0.4) is 0 Å². The smallest absolute Gasteiger partial charge is 0.252 e. The first-order valence-corrected chi connectivity index (χ1v) is 11.6. The zero-order chi connectivity index (χ0) is 26.1. The van der Waals surface area contributed by atoms with E-state index in [-0.39, 0.29) is 29.4 Å². The van der Waals surface area contributed by atoms with E-state index in [0.717, 1.165) is 5.56 Å². The van der Waals surface area contributed by atoms with E-state index >= 15 is 4.39 Å². The van der Waals surface area contributed by atoms with Gasteiger partial charge in [-0.05, 0) is 36.4 Å². The molecule has 0 fully saturated rings. The summed E-state index contributed by atoms with van der Waals surface area (Å²) in [5.74, 6) is -0.206. The van der Waals surface area contributed by atoms with Crippen molar-refractivity contribution in [2.45, 2.75) is 6.54 Å². The maximum atomic E-state index is 15.1. The largest absolute Gasteiger partial charge is 0.496 e. The number of para-hydroxylation sites is 1. The number of aromatic nitrogens is 2. The number of hydrogen-bond acceptors (Lipinski definition) is 7. The zero-order valence-electron chi connectivity index (χ0n) is 19.9. The van der Waals surface area contributed by atoms with Gasteiger partial charge >= 0.3 is 0 Å². The lowest BCUT2D eigenvalue weighted by molar-refractivity contribution is 0.0997. The maximum absolute atomic E-state index is 15.1. The number of anilines is 2. The van der Waals surface area contributed by atoms with Crippen molar-refractivity contribution >= 4 is 34.9 Å². The van der Waals surface area contributed by atoms with Crippen LogP contribution in [0.5, 0.6) is 11.5 Å². The second-order valence-electron chi connectivity index (χ2n) is 8.11. The van der Waals surface area contributed by atoms with Crippen molar-refractivity contribution < 1.29 is 18.7 Å². The normalized spacial score (nSPS) is 12.1. The minimum absolute atomic E-state index is 0.204. The SMILES string of the molecule is COc1cccc(F)c1C1=NCc2cnc(Nc3cccc(C(N)=O)c3OC)nc2-c2ccc(Cl)cc21. The Morgan fingerprint density at radius 1 is 1.08 bits per heavy atom. The molecule has 1 aliphatic heterocycles. The average molecular weight is 518 g/mol. The monoisotopic (exact) mass is 517 g/mol. The Bertz CT molecular complexity index is 1570. The Labute approximate surface area is 217 Å². The molecule has 0 atom stereocenters. The van der Waals surface area contributed by atoms with E-state index in [1.165, 1.54) is 20.3 Å². The van der Waals surface area contributed by atoms with E-state index in [2.05, 4.69) is 10.3 Å². The number of fused-ring (bicyclic) bond motifs is 3. The lowest BCUT2D eigenvalue weighted by Crippen LogP contribution is -2.13. The van der Waals surface area contributed by atoms with Gasteiger partial charge in [-0.25, -0.2) is 14.4 Å². The standard InChI is InChI=1S/C27H21ClFN5O3/c1-36-21-8-4-6-19(29)22(21)24-18-11-15(28)9-10-16(18)23-14(12-31-24)13-32-27(34-23)33-20-7-3-5-17(26(30)35)25(20)37-2/h3-11,13H,12H2,1-2H3,(H2,30,35)(H,32,33,34). The lowest BCUT2D eigenvalue weighted by atomic mass is 9.94. The van der Waals surface area contributed by atoms with Crippen molar-refractivity contribution in [1.29, 1.82) is 0 Å². The predicted molar refractivity (Wildman–Crippen MR) is 140 cm³/mol. The number of ether oxygens (including phenoxy) is 2. The number of carbonyl (C=O) groups excluding carboxylic acids is 1. The van der Waals surface area contributed by atoms with Gasteiger partial charge in [-0.3, -0.25) is 9.79 Å². The summed E-state index contributed by atoms with van der Waals surface area (Å²) in [7, 11) is 2.93. The van der Waals surface area contributed by atoms with Crippen LogP contribution in [-0.2, 0) is 6.54 Å². The third kappa shape index (κ3) is 4.45. The Morgan fingerprint density at radius 3 is 2.65 bits per heavy atom. The third-order valence-corrected chi connectivity index (χ3v) is 6.16. The molecule has 2 heterocycles. The number of halogens is 2. The van der Waals surface area contributed by atoms with Crippen molar-refractivity contribution in [3.8, 4) is 22.8 Å². The fraction of sp³-hybridized carbons (Fsp3) is 0.111. The minimum Gasteiger partial charge on any atom is -0.496 e. The van der Waals surface area contributed by atoms with Crippen LogP contribution < -0.4 is 20.5 Å². The van der Waals surface area contributed by atoms with Crippen LogP contribution >= 0.6 is 11.6 Å². The molecule has 0 saturated carbocycles. The number of aliphatic imine (C=N–C) groups is 1. The number of hydrogen-bond donors (Lipinski definition) is 2. The summed E-state index contributed by atoms with van der Waals surface area (Å²) >= 11 is 6.36. The molecule has 186 valence electrons. The molecular formula is C27H21ClFN5O3. The Kier molecular flexibility index (Phi) is 6.45. The number of carbonyl (C=O) groups is 1. The summed E-state index contributed by atoms with van der Waals surface area (Å²) in [5, 5.41) is 3.57. The molecule has 10 heteroatoms. The lowest BCUT2D eigenvalue weighted by Gasteiger charge is -2.15. The van der Waals surface area contributed by atoms with Gasteiger partial charge in [-0.1, -0.05) is 29.8 Å². The van der Waals surface area contributed by atoms with Crippen molar-refractivity contribution in [3.05, 3.63) is 93.9 Å². The van der Waals surface area contributed by atoms with Gasteiger partial charge in [0.05, 0.1) is 49.0 Å². The topological polar surface area (TPSA) is 112 Å². The van der Waals surface area contributed by atoms with Crippen LogP contribution in [0.15, 0.2) is 65.8 Å².